The van der Waals surface area contributed by atoms with E-state index < -0.39 is 0 Å². The van der Waals surface area contributed by atoms with Crippen LogP contribution in [0.1, 0.15) is 0 Å². The van der Waals surface area contributed by atoms with Crippen LogP contribution in [0.5, 0.6) is 0 Å². The quantitative estimate of drug-likeness (QED) is 0.177. The van der Waals surface area contributed by atoms with Crippen molar-refractivity contribution in [2.24, 2.45) is 0 Å². The number of anilines is 3. The standard InChI is InChI=1S/C49H33N3/c1-3-14-34(15-4-1)35-28-30-40(31-29-35)51(39-19-5-2-6-20-39)41-21-12-17-37(33-41)36-16-11-18-38(32-36)49-50-46-26-13-25-45-43-23-8-7-22-42(43)44-24-9-10-27-47(44)52(49)48(45)46/h1-33H. The number of benzene rings is 8. The molecule has 1 aliphatic rings. The van der Waals surface area contributed by atoms with Crippen LogP contribution in [0.4, 0.5) is 17.1 Å². The van der Waals surface area contributed by atoms with Crippen molar-refractivity contribution in [3.05, 3.63) is 200 Å². The predicted molar refractivity (Wildman–Crippen MR) is 216 cm³/mol. The molecule has 52 heavy (non-hydrogen) atoms. The molecule has 3 nitrogen and oxygen atoms in total. The van der Waals surface area contributed by atoms with E-state index in [0.29, 0.717) is 0 Å². The lowest BCUT2D eigenvalue weighted by Crippen LogP contribution is -2.09. The Bertz CT molecular complexity index is 2730. The fraction of sp³-hybridized carbons (Fsp3) is 0. The summed E-state index contributed by atoms with van der Waals surface area (Å²) in [6, 6.07) is 71.5. The Kier molecular flexibility index (Phi) is 7.14. The highest BCUT2D eigenvalue weighted by Gasteiger charge is 2.25. The molecule has 244 valence electrons. The second-order valence-electron chi connectivity index (χ2n) is 13.2. The van der Waals surface area contributed by atoms with Crippen LogP contribution in [0.3, 0.4) is 0 Å². The van der Waals surface area contributed by atoms with Gasteiger partial charge in [-0.05, 0) is 88.0 Å². The van der Waals surface area contributed by atoms with E-state index >= 15 is 0 Å². The van der Waals surface area contributed by atoms with E-state index in [1.807, 2.05) is 0 Å². The third-order valence-corrected chi connectivity index (χ3v) is 10.1. The molecule has 0 radical (unpaired) electrons. The van der Waals surface area contributed by atoms with Gasteiger partial charge in [0, 0.05) is 33.8 Å². The van der Waals surface area contributed by atoms with Gasteiger partial charge in [0.15, 0.2) is 0 Å². The average Bonchev–Trinajstić information content (AvgIpc) is 3.57. The number of imidazole rings is 1. The summed E-state index contributed by atoms with van der Waals surface area (Å²) in [5, 5.41) is 0. The van der Waals surface area contributed by atoms with Crippen LogP contribution in [-0.2, 0) is 0 Å². The average molecular weight is 664 g/mol. The van der Waals surface area contributed by atoms with Gasteiger partial charge in [-0.1, -0.05) is 146 Å². The smallest absolute Gasteiger partial charge is 0.145 e. The number of rotatable bonds is 6. The van der Waals surface area contributed by atoms with Gasteiger partial charge in [0.25, 0.3) is 0 Å². The fourth-order valence-electron chi connectivity index (χ4n) is 7.74. The number of hydrogen-bond donors (Lipinski definition) is 0. The Labute approximate surface area is 303 Å². The number of fused-ring (bicyclic) bond motifs is 5. The zero-order chi connectivity index (χ0) is 34.4. The van der Waals surface area contributed by atoms with Gasteiger partial charge < -0.3 is 4.90 Å². The molecule has 0 bridgehead atoms. The summed E-state index contributed by atoms with van der Waals surface area (Å²) in [5.74, 6) is 0.935. The van der Waals surface area contributed by atoms with Crippen molar-refractivity contribution < 1.29 is 0 Å². The van der Waals surface area contributed by atoms with Crippen molar-refractivity contribution in [1.82, 2.24) is 9.55 Å². The summed E-state index contributed by atoms with van der Waals surface area (Å²) in [4.78, 5) is 7.64. The first kappa shape index (κ1) is 29.9. The van der Waals surface area contributed by atoms with Crippen LogP contribution in [0.2, 0.25) is 0 Å². The molecule has 0 fully saturated rings. The summed E-state index contributed by atoms with van der Waals surface area (Å²) in [6.45, 7) is 0. The third-order valence-electron chi connectivity index (χ3n) is 10.1. The molecule has 3 heteroatoms. The van der Waals surface area contributed by atoms with Crippen molar-refractivity contribution in [3.63, 3.8) is 0 Å². The number of aromatic nitrogens is 2. The minimum absolute atomic E-state index is 0.935. The zero-order valence-corrected chi connectivity index (χ0v) is 28.4. The Morgan fingerprint density at radius 2 is 0.865 bits per heavy atom. The molecule has 0 amide bonds. The lowest BCUT2D eigenvalue weighted by atomic mass is 9.94. The minimum atomic E-state index is 0.935. The summed E-state index contributed by atoms with van der Waals surface area (Å²) in [6.07, 6.45) is 0. The predicted octanol–water partition coefficient (Wildman–Crippen LogP) is 13.1. The summed E-state index contributed by atoms with van der Waals surface area (Å²) in [7, 11) is 0. The molecular formula is C49H33N3. The van der Waals surface area contributed by atoms with Gasteiger partial charge in [-0.2, -0.15) is 0 Å². The highest BCUT2D eigenvalue weighted by atomic mass is 15.1. The highest BCUT2D eigenvalue weighted by Crippen LogP contribution is 2.45. The Balaban J connectivity index is 1.09. The van der Waals surface area contributed by atoms with Gasteiger partial charge >= 0.3 is 0 Å². The molecule has 0 unspecified atom stereocenters. The van der Waals surface area contributed by atoms with E-state index in [-0.39, 0.29) is 0 Å². The van der Waals surface area contributed by atoms with Gasteiger partial charge in [0.05, 0.1) is 16.7 Å². The first-order valence-corrected chi connectivity index (χ1v) is 17.7. The fourth-order valence-corrected chi connectivity index (χ4v) is 7.74. The van der Waals surface area contributed by atoms with Crippen LogP contribution in [0, 0.1) is 0 Å². The lowest BCUT2D eigenvalue weighted by molar-refractivity contribution is 1.11. The van der Waals surface area contributed by atoms with E-state index in [2.05, 4.69) is 210 Å². The van der Waals surface area contributed by atoms with E-state index in [0.717, 1.165) is 56.3 Å². The van der Waals surface area contributed by atoms with E-state index in [9.17, 15) is 0 Å². The van der Waals surface area contributed by atoms with Crippen molar-refractivity contribution in [1.29, 1.82) is 0 Å². The molecule has 9 aromatic rings. The molecule has 2 heterocycles. The first-order valence-electron chi connectivity index (χ1n) is 17.7. The van der Waals surface area contributed by atoms with Crippen LogP contribution < -0.4 is 4.90 Å². The van der Waals surface area contributed by atoms with Crippen LogP contribution in [-0.4, -0.2) is 9.55 Å². The molecule has 0 atom stereocenters. The lowest BCUT2D eigenvalue weighted by Gasteiger charge is -2.26. The summed E-state index contributed by atoms with van der Waals surface area (Å²) in [5.41, 5.74) is 17.2. The Hall–Kier alpha value is -6.97. The van der Waals surface area contributed by atoms with Crippen molar-refractivity contribution in [2.45, 2.75) is 0 Å². The Morgan fingerprint density at radius 1 is 0.346 bits per heavy atom. The van der Waals surface area contributed by atoms with E-state index in [1.54, 1.807) is 0 Å². The molecule has 8 aromatic carbocycles. The second-order valence-corrected chi connectivity index (χ2v) is 13.2. The highest BCUT2D eigenvalue weighted by molar-refractivity contribution is 6.03. The first-order chi connectivity index (χ1) is 25.8. The van der Waals surface area contributed by atoms with Crippen molar-refractivity contribution in [3.8, 4) is 61.6 Å². The molecule has 0 aliphatic carbocycles. The van der Waals surface area contributed by atoms with Crippen molar-refractivity contribution >= 4 is 28.1 Å². The van der Waals surface area contributed by atoms with Crippen LogP contribution in [0.15, 0.2) is 200 Å². The molecule has 0 spiro atoms. The SMILES string of the molecule is c1ccc(-c2ccc(N(c3ccccc3)c3cccc(-c4cccc(-c5nc6cccc7c6n5-c5ccccc5-c5ccccc5-7)c4)c3)cc2)cc1. The summed E-state index contributed by atoms with van der Waals surface area (Å²) < 4.78 is 2.37. The third kappa shape index (κ3) is 5.02. The second kappa shape index (κ2) is 12.4. The van der Waals surface area contributed by atoms with Gasteiger partial charge in [-0.25, -0.2) is 4.98 Å². The van der Waals surface area contributed by atoms with Crippen LogP contribution >= 0.6 is 0 Å². The number of hydrogen-bond acceptors (Lipinski definition) is 2. The molecule has 1 aromatic heterocycles. The molecule has 0 N–H and O–H groups in total. The van der Waals surface area contributed by atoms with Gasteiger partial charge in [0.1, 0.15) is 5.82 Å². The monoisotopic (exact) mass is 663 g/mol. The summed E-state index contributed by atoms with van der Waals surface area (Å²) >= 11 is 0. The van der Waals surface area contributed by atoms with E-state index in [1.165, 1.54) is 33.4 Å². The maximum absolute atomic E-state index is 5.31. The molecule has 1 aliphatic heterocycles. The topological polar surface area (TPSA) is 21.1 Å². The van der Waals surface area contributed by atoms with Gasteiger partial charge in [-0.15, -0.1) is 0 Å². The maximum atomic E-state index is 5.31. The van der Waals surface area contributed by atoms with Crippen LogP contribution in [0.25, 0.3) is 72.6 Å². The van der Waals surface area contributed by atoms with Gasteiger partial charge in [-0.3, -0.25) is 4.57 Å². The molecule has 0 saturated heterocycles. The number of nitrogens with zero attached hydrogens (tertiary/aromatic N) is 3. The largest absolute Gasteiger partial charge is 0.310 e. The van der Waals surface area contributed by atoms with Gasteiger partial charge in [0.2, 0.25) is 0 Å². The Morgan fingerprint density at radius 3 is 1.65 bits per heavy atom. The number of para-hydroxylation sites is 3. The van der Waals surface area contributed by atoms with E-state index in [4.69, 9.17) is 4.98 Å². The zero-order valence-electron chi connectivity index (χ0n) is 28.4. The maximum Gasteiger partial charge on any atom is 0.145 e. The van der Waals surface area contributed by atoms with Crippen molar-refractivity contribution in [2.75, 3.05) is 4.90 Å². The minimum Gasteiger partial charge on any atom is -0.310 e. The molecule has 0 saturated carbocycles. The molecular weight excluding hydrogens is 631 g/mol. The molecule has 10 rings (SSSR count). The normalized spacial score (nSPS) is 11.5.